The molecule has 0 aromatic carbocycles. The van der Waals surface area contributed by atoms with Gasteiger partial charge in [-0.2, -0.15) is 0 Å². The molecule has 3 atom stereocenters. The molecule has 10 nitrogen and oxygen atoms in total. The van der Waals surface area contributed by atoms with Crippen LogP contribution in [0.3, 0.4) is 0 Å². The SMILES string of the molecule is [2H]C([2H])([2H])NC(=O)O[C@@H](CC(C)(C)C)C(=O)N1C[C@]2(C[C@H]1C(N)=O)C(=O)Nc1ncccc12. The average Bonchev–Trinajstić information content (AvgIpc) is 3.18. The summed E-state index contributed by atoms with van der Waals surface area (Å²) in [5, 5.41) is 4.36. The summed E-state index contributed by atoms with van der Waals surface area (Å²) in [4.78, 5) is 56.1. The second-order valence-corrected chi connectivity index (χ2v) is 8.81. The maximum atomic E-state index is 13.5. The third-order valence-corrected chi connectivity index (χ3v) is 5.38. The molecule has 4 N–H and O–H groups in total. The second-order valence-electron chi connectivity index (χ2n) is 8.81. The number of anilines is 1. The Balaban J connectivity index is 1.93. The first-order valence-corrected chi connectivity index (χ1v) is 9.48. The van der Waals surface area contributed by atoms with Crippen LogP contribution in [-0.2, 0) is 24.5 Å². The van der Waals surface area contributed by atoms with Gasteiger partial charge < -0.3 is 26.0 Å². The highest BCUT2D eigenvalue weighted by atomic mass is 16.6. The molecule has 4 amide bonds. The summed E-state index contributed by atoms with van der Waals surface area (Å²) in [5.41, 5.74) is 4.40. The highest BCUT2D eigenvalue weighted by Crippen LogP contribution is 2.46. The minimum Gasteiger partial charge on any atom is -0.436 e. The van der Waals surface area contributed by atoms with Crippen molar-refractivity contribution in [1.29, 1.82) is 0 Å². The van der Waals surface area contributed by atoms with Crippen molar-refractivity contribution in [2.45, 2.75) is 51.2 Å². The summed E-state index contributed by atoms with van der Waals surface area (Å²) in [6, 6.07) is 2.21. The maximum Gasteiger partial charge on any atom is 0.407 e. The third kappa shape index (κ3) is 3.81. The zero-order valence-electron chi connectivity index (χ0n) is 20.0. The highest BCUT2D eigenvalue weighted by Gasteiger charge is 2.58. The molecule has 10 heteroatoms. The number of likely N-dealkylation sites (tertiary alicyclic amines) is 1. The maximum absolute atomic E-state index is 13.5. The predicted octanol–water partition coefficient (Wildman–Crippen LogP) is 0.519. The lowest BCUT2D eigenvalue weighted by Crippen LogP contribution is -2.50. The number of nitrogens with one attached hydrogen (secondary N) is 2. The molecule has 1 saturated heterocycles. The lowest BCUT2D eigenvalue weighted by Gasteiger charge is -2.30. The highest BCUT2D eigenvalue weighted by molar-refractivity contribution is 6.07. The van der Waals surface area contributed by atoms with Crippen molar-refractivity contribution in [3.63, 3.8) is 0 Å². The molecule has 0 unspecified atom stereocenters. The predicted molar refractivity (Wildman–Crippen MR) is 107 cm³/mol. The largest absolute Gasteiger partial charge is 0.436 e. The molecule has 3 rings (SSSR count). The number of carbonyl (C=O) groups excluding carboxylic acids is 4. The van der Waals surface area contributed by atoms with Crippen LogP contribution in [0.5, 0.6) is 0 Å². The molecule has 0 bridgehead atoms. The van der Waals surface area contributed by atoms with E-state index in [-0.39, 0.29) is 19.4 Å². The summed E-state index contributed by atoms with van der Waals surface area (Å²) in [7, 11) is 0. The molecule has 1 fully saturated rings. The molecule has 1 spiro atoms. The van der Waals surface area contributed by atoms with Gasteiger partial charge in [-0.3, -0.25) is 14.4 Å². The van der Waals surface area contributed by atoms with Crippen molar-refractivity contribution >= 4 is 29.6 Å². The number of amides is 4. The number of rotatable bonds is 4. The number of nitrogens with zero attached hydrogens (tertiary/aromatic N) is 2. The van der Waals surface area contributed by atoms with Gasteiger partial charge in [0.15, 0.2) is 6.10 Å². The van der Waals surface area contributed by atoms with Gasteiger partial charge >= 0.3 is 6.09 Å². The number of aromatic nitrogens is 1. The van der Waals surface area contributed by atoms with E-state index in [2.05, 4.69) is 10.3 Å². The van der Waals surface area contributed by atoms with Crippen molar-refractivity contribution in [3.05, 3.63) is 23.9 Å². The Morgan fingerprint density at radius 1 is 1.50 bits per heavy atom. The lowest BCUT2D eigenvalue weighted by molar-refractivity contribution is -0.146. The minimum absolute atomic E-state index is 0.0412. The Hall–Kier alpha value is -3.17. The summed E-state index contributed by atoms with van der Waals surface area (Å²) in [6.45, 7) is 2.44. The van der Waals surface area contributed by atoms with E-state index in [1.165, 1.54) is 6.20 Å². The Bertz CT molecular complexity index is 993. The van der Waals surface area contributed by atoms with E-state index >= 15 is 0 Å². The fraction of sp³-hybridized carbons (Fsp3) is 0.550. The van der Waals surface area contributed by atoms with E-state index in [4.69, 9.17) is 14.6 Å². The number of primary amides is 1. The molecule has 2 aliphatic heterocycles. The molecular weight excluding hydrogens is 390 g/mol. The Labute approximate surface area is 178 Å². The van der Waals surface area contributed by atoms with Gasteiger partial charge in [-0.25, -0.2) is 9.78 Å². The summed E-state index contributed by atoms with van der Waals surface area (Å²) < 4.78 is 26.7. The smallest absolute Gasteiger partial charge is 0.407 e. The van der Waals surface area contributed by atoms with E-state index in [9.17, 15) is 19.2 Å². The van der Waals surface area contributed by atoms with Crippen LogP contribution < -0.4 is 16.4 Å². The van der Waals surface area contributed by atoms with E-state index in [0.717, 1.165) is 4.90 Å². The Kier molecular flexibility index (Phi) is 4.47. The van der Waals surface area contributed by atoms with E-state index in [0.29, 0.717) is 11.4 Å². The van der Waals surface area contributed by atoms with Gasteiger partial charge in [0.1, 0.15) is 11.9 Å². The van der Waals surface area contributed by atoms with Gasteiger partial charge in [-0.1, -0.05) is 26.8 Å². The molecule has 3 heterocycles. The van der Waals surface area contributed by atoms with Gasteiger partial charge in [0, 0.05) is 29.4 Å². The minimum atomic E-state index is -2.81. The molecule has 0 aliphatic carbocycles. The van der Waals surface area contributed by atoms with Crippen LogP contribution in [0.1, 0.15) is 43.3 Å². The standard InChI is InChI=1S/C20H27N5O5/c1-19(2,3)9-13(30-18(29)22-4)16(27)25-10-20(8-12(25)14(21)26)11-6-5-7-23-15(11)24-17(20)28/h5-7,12-13H,8-10H2,1-4H3,(H2,21,26)(H,22,29)(H,23,24,28)/t12-,13-,20-/m0/s1/i4D3. The van der Waals surface area contributed by atoms with Gasteiger partial charge in [0.25, 0.3) is 5.91 Å². The number of carbonyl (C=O) groups is 4. The Morgan fingerprint density at radius 2 is 2.23 bits per heavy atom. The molecule has 30 heavy (non-hydrogen) atoms. The van der Waals surface area contributed by atoms with E-state index < -0.39 is 53.8 Å². The fourth-order valence-corrected chi connectivity index (χ4v) is 4.07. The monoisotopic (exact) mass is 420 g/mol. The first-order chi connectivity index (χ1) is 15.1. The number of alkyl carbamates (subject to hydrolysis) is 1. The summed E-state index contributed by atoms with van der Waals surface area (Å²) in [5.74, 6) is -1.62. The number of nitrogens with two attached hydrogens (primary N) is 1. The van der Waals surface area contributed by atoms with E-state index in [1.807, 2.05) is 20.8 Å². The number of hydrogen-bond donors (Lipinski definition) is 3. The summed E-state index contributed by atoms with van der Waals surface area (Å²) >= 11 is 0. The topological polar surface area (TPSA) is 144 Å². The van der Waals surface area contributed by atoms with Crippen molar-refractivity contribution in [2.24, 2.45) is 11.1 Å². The molecule has 0 radical (unpaired) electrons. The summed E-state index contributed by atoms with van der Waals surface area (Å²) in [6.07, 6.45) is -1.20. The van der Waals surface area contributed by atoms with Gasteiger partial charge in [-0.15, -0.1) is 0 Å². The normalized spacial score (nSPS) is 25.6. The van der Waals surface area contributed by atoms with Crippen LogP contribution in [-0.4, -0.2) is 59.4 Å². The van der Waals surface area contributed by atoms with Gasteiger partial charge in [0.2, 0.25) is 11.8 Å². The van der Waals surface area contributed by atoms with Crippen molar-refractivity contribution < 1.29 is 28.0 Å². The second kappa shape index (κ2) is 7.58. The zero-order valence-corrected chi connectivity index (χ0v) is 17.0. The van der Waals surface area contributed by atoms with Crippen LogP contribution in [0.25, 0.3) is 0 Å². The molecule has 2 aliphatic rings. The molecule has 1 aromatic heterocycles. The quantitative estimate of drug-likeness (QED) is 0.648. The number of ether oxygens (including phenoxy) is 1. The van der Waals surface area contributed by atoms with E-state index in [1.54, 1.807) is 17.4 Å². The van der Waals surface area contributed by atoms with Crippen LogP contribution in [0.15, 0.2) is 18.3 Å². The van der Waals surface area contributed by atoms with Crippen molar-refractivity contribution in [2.75, 3.05) is 18.8 Å². The van der Waals surface area contributed by atoms with Gasteiger partial charge in [-0.05, 0) is 24.3 Å². The first-order valence-electron chi connectivity index (χ1n) is 11.0. The number of pyridine rings is 1. The van der Waals surface area contributed by atoms with Crippen molar-refractivity contribution in [3.8, 4) is 0 Å². The van der Waals surface area contributed by atoms with Gasteiger partial charge in [0.05, 0.1) is 5.41 Å². The van der Waals surface area contributed by atoms with Crippen LogP contribution in [0, 0.1) is 5.41 Å². The first kappa shape index (κ1) is 17.7. The van der Waals surface area contributed by atoms with Crippen LogP contribution in [0.2, 0.25) is 0 Å². The lowest BCUT2D eigenvalue weighted by atomic mass is 9.80. The Morgan fingerprint density at radius 3 is 2.87 bits per heavy atom. The fourth-order valence-electron chi connectivity index (χ4n) is 4.07. The third-order valence-electron chi connectivity index (χ3n) is 5.38. The zero-order chi connectivity index (χ0) is 24.8. The van der Waals surface area contributed by atoms with Crippen LogP contribution in [0.4, 0.5) is 10.6 Å². The molecular formula is C20H27N5O5. The molecule has 1 aromatic rings. The number of fused-ring (bicyclic) bond motifs is 2. The average molecular weight is 420 g/mol. The number of hydrogen-bond acceptors (Lipinski definition) is 6. The molecule has 0 saturated carbocycles. The molecule has 162 valence electrons. The van der Waals surface area contributed by atoms with Crippen molar-refractivity contribution in [1.82, 2.24) is 15.2 Å². The van der Waals surface area contributed by atoms with Crippen LogP contribution >= 0.6 is 0 Å².